The predicted octanol–water partition coefficient (Wildman–Crippen LogP) is 2.47. The van der Waals surface area contributed by atoms with Gasteiger partial charge >= 0.3 is 6.09 Å². The van der Waals surface area contributed by atoms with Gasteiger partial charge in [0.2, 0.25) is 0 Å². The van der Waals surface area contributed by atoms with Crippen molar-refractivity contribution in [2.24, 2.45) is 5.92 Å². The number of hydrogen-bond acceptors (Lipinski definition) is 3. The number of ether oxygens (including phenoxy) is 1. The van der Waals surface area contributed by atoms with Crippen LogP contribution in [-0.4, -0.2) is 28.6 Å². The molecule has 0 radical (unpaired) electrons. The molecule has 1 aromatic carbocycles. The van der Waals surface area contributed by atoms with E-state index in [2.05, 4.69) is 0 Å². The minimum Gasteiger partial charge on any atom is -0.410 e. The molecule has 1 fully saturated rings. The zero-order valence-electron chi connectivity index (χ0n) is 12.7. The van der Waals surface area contributed by atoms with E-state index in [4.69, 9.17) is 4.74 Å². The average Bonchev–Trinajstić information content (AvgIpc) is 2.57. The molecular formula is C18H18N2O3. The Bertz CT molecular complexity index is 784. The highest BCUT2D eigenvalue weighted by molar-refractivity contribution is 5.71. The number of rotatable bonds is 1. The zero-order chi connectivity index (χ0) is 15.8. The van der Waals surface area contributed by atoms with Gasteiger partial charge in [-0.3, -0.25) is 4.79 Å². The molecule has 2 aliphatic rings. The Morgan fingerprint density at radius 3 is 2.65 bits per heavy atom. The summed E-state index contributed by atoms with van der Waals surface area (Å²) in [7, 11) is 0. The van der Waals surface area contributed by atoms with E-state index in [1.165, 1.54) is 0 Å². The van der Waals surface area contributed by atoms with Crippen LogP contribution in [-0.2, 0) is 6.54 Å². The Morgan fingerprint density at radius 1 is 1.00 bits per heavy atom. The second-order valence-electron chi connectivity index (χ2n) is 6.28. The minimum absolute atomic E-state index is 0.0533. The summed E-state index contributed by atoms with van der Waals surface area (Å²) in [5.74, 6) is 1.08. The number of benzene rings is 1. The summed E-state index contributed by atoms with van der Waals surface area (Å²) >= 11 is 0. The van der Waals surface area contributed by atoms with Crippen molar-refractivity contribution >= 4 is 6.09 Å². The maximum Gasteiger partial charge on any atom is 0.415 e. The summed E-state index contributed by atoms with van der Waals surface area (Å²) in [5.41, 5.74) is 1.09. The Labute approximate surface area is 134 Å². The van der Waals surface area contributed by atoms with Crippen molar-refractivity contribution in [3.63, 3.8) is 0 Å². The zero-order valence-corrected chi connectivity index (χ0v) is 12.7. The lowest BCUT2D eigenvalue weighted by Crippen LogP contribution is -2.49. The van der Waals surface area contributed by atoms with E-state index in [-0.39, 0.29) is 17.6 Å². The van der Waals surface area contributed by atoms with Crippen molar-refractivity contribution in [1.82, 2.24) is 9.47 Å². The summed E-state index contributed by atoms with van der Waals surface area (Å²) < 4.78 is 7.31. The Balaban J connectivity index is 1.54. The number of para-hydroxylation sites is 1. The third-order valence-corrected chi connectivity index (χ3v) is 4.69. The first-order valence-electron chi connectivity index (χ1n) is 7.92. The van der Waals surface area contributed by atoms with Crippen LogP contribution in [0.5, 0.6) is 5.75 Å². The molecule has 4 rings (SSSR count). The van der Waals surface area contributed by atoms with E-state index >= 15 is 0 Å². The molecule has 5 nitrogen and oxygen atoms in total. The molecule has 5 heteroatoms. The van der Waals surface area contributed by atoms with E-state index in [0.29, 0.717) is 31.3 Å². The number of carbonyl (C=O) groups excluding carboxylic acids is 1. The summed E-state index contributed by atoms with van der Waals surface area (Å²) in [6, 6.07) is 14.5. The van der Waals surface area contributed by atoms with E-state index in [1.807, 2.05) is 28.8 Å². The molecule has 3 heterocycles. The number of carbonyl (C=O) groups is 1. The summed E-state index contributed by atoms with van der Waals surface area (Å²) in [6.45, 7) is 1.93. The molecular weight excluding hydrogens is 292 g/mol. The van der Waals surface area contributed by atoms with Crippen LogP contribution in [0.1, 0.15) is 18.0 Å². The molecule has 1 amide bonds. The molecule has 2 aliphatic heterocycles. The van der Waals surface area contributed by atoms with Gasteiger partial charge in [-0.05, 0) is 30.5 Å². The lowest BCUT2D eigenvalue weighted by molar-refractivity contribution is 0.102. The van der Waals surface area contributed by atoms with Crippen LogP contribution in [0.15, 0.2) is 53.3 Å². The fraction of sp³-hybridized carbons (Fsp3) is 0.333. The van der Waals surface area contributed by atoms with Crippen LogP contribution in [0, 0.1) is 5.92 Å². The quantitative estimate of drug-likeness (QED) is 0.813. The summed E-state index contributed by atoms with van der Waals surface area (Å²) in [5, 5.41) is 0. The largest absolute Gasteiger partial charge is 0.415 e. The predicted molar refractivity (Wildman–Crippen MR) is 85.6 cm³/mol. The third-order valence-electron chi connectivity index (χ3n) is 4.69. The van der Waals surface area contributed by atoms with Crippen molar-refractivity contribution in [3.8, 4) is 5.75 Å². The molecule has 0 spiro atoms. The number of piperidine rings is 1. The Morgan fingerprint density at radius 2 is 1.83 bits per heavy atom. The van der Waals surface area contributed by atoms with Crippen LogP contribution in [0.3, 0.4) is 0 Å². The lowest BCUT2D eigenvalue weighted by Gasteiger charge is -2.42. The van der Waals surface area contributed by atoms with Gasteiger partial charge in [-0.1, -0.05) is 24.3 Å². The highest BCUT2D eigenvalue weighted by Crippen LogP contribution is 2.35. The van der Waals surface area contributed by atoms with E-state index in [1.54, 1.807) is 29.2 Å². The smallest absolute Gasteiger partial charge is 0.410 e. The van der Waals surface area contributed by atoms with Crippen LogP contribution < -0.4 is 10.3 Å². The first-order valence-corrected chi connectivity index (χ1v) is 7.92. The van der Waals surface area contributed by atoms with Gasteiger partial charge in [-0.15, -0.1) is 0 Å². The first-order chi connectivity index (χ1) is 11.2. The molecule has 2 bridgehead atoms. The number of fused-ring (bicyclic) bond motifs is 4. The minimum atomic E-state index is -0.308. The van der Waals surface area contributed by atoms with Gasteiger partial charge in [0.15, 0.2) is 0 Å². The van der Waals surface area contributed by atoms with Crippen LogP contribution >= 0.6 is 0 Å². The van der Waals surface area contributed by atoms with Crippen molar-refractivity contribution in [2.45, 2.75) is 18.9 Å². The number of pyridine rings is 1. The normalized spacial score (nSPS) is 22.3. The second-order valence-corrected chi connectivity index (χ2v) is 6.28. The standard InChI is InChI=1S/C18H18N2O3/c21-17-8-4-7-16-14-9-13(11-20(16)17)10-19(12-14)18(22)23-15-5-2-1-3-6-15/h1-8,13-14H,9-12H2/t13-,14+/m1/s1. The lowest BCUT2D eigenvalue weighted by atomic mass is 9.83. The monoisotopic (exact) mass is 310 g/mol. The van der Waals surface area contributed by atoms with Gasteiger partial charge in [-0.25, -0.2) is 4.79 Å². The van der Waals surface area contributed by atoms with Gasteiger partial charge in [0, 0.05) is 37.3 Å². The highest BCUT2D eigenvalue weighted by Gasteiger charge is 2.36. The van der Waals surface area contributed by atoms with Gasteiger partial charge in [0.25, 0.3) is 5.56 Å². The maximum absolute atomic E-state index is 12.4. The summed E-state index contributed by atoms with van der Waals surface area (Å²) in [4.78, 5) is 26.2. The van der Waals surface area contributed by atoms with Gasteiger partial charge in [0.1, 0.15) is 5.75 Å². The van der Waals surface area contributed by atoms with Crippen molar-refractivity contribution in [3.05, 3.63) is 64.6 Å². The van der Waals surface area contributed by atoms with E-state index < -0.39 is 0 Å². The van der Waals surface area contributed by atoms with Crippen LogP contribution in [0.4, 0.5) is 4.79 Å². The molecule has 0 aliphatic carbocycles. The molecule has 0 N–H and O–H groups in total. The fourth-order valence-corrected chi connectivity index (χ4v) is 3.70. The van der Waals surface area contributed by atoms with Crippen LogP contribution in [0.25, 0.3) is 0 Å². The van der Waals surface area contributed by atoms with Crippen molar-refractivity contribution in [1.29, 1.82) is 0 Å². The maximum atomic E-state index is 12.4. The van der Waals surface area contributed by atoms with Crippen molar-refractivity contribution < 1.29 is 9.53 Å². The fourth-order valence-electron chi connectivity index (χ4n) is 3.70. The second kappa shape index (κ2) is 5.57. The number of aromatic nitrogens is 1. The molecule has 0 saturated carbocycles. The van der Waals surface area contributed by atoms with Gasteiger partial charge < -0.3 is 14.2 Å². The number of nitrogens with zero attached hydrogens (tertiary/aromatic N) is 2. The Kier molecular flexibility index (Phi) is 3.41. The third kappa shape index (κ3) is 2.63. The van der Waals surface area contributed by atoms with Gasteiger partial charge in [0.05, 0.1) is 0 Å². The molecule has 1 aromatic heterocycles. The van der Waals surface area contributed by atoms with Crippen molar-refractivity contribution in [2.75, 3.05) is 13.1 Å². The number of likely N-dealkylation sites (tertiary alicyclic amines) is 1. The molecule has 2 atom stereocenters. The topological polar surface area (TPSA) is 51.5 Å². The average molecular weight is 310 g/mol. The highest BCUT2D eigenvalue weighted by atomic mass is 16.6. The van der Waals surface area contributed by atoms with E-state index in [9.17, 15) is 9.59 Å². The van der Waals surface area contributed by atoms with E-state index in [0.717, 1.165) is 12.1 Å². The van der Waals surface area contributed by atoms with Gasteiger partial charge in [-0.2, -0.15) is 0 Å². The summed E-state index contributed by atoms with van der Waals surface area (Å²) in [6.07, 6.45) is 0.719. The molecule has 118 valence electrons. The number of hydrogen-bond donors (Lipinski definition) is 0. The molecule has 2 aromatic rings. The Hall–Kier alpha value is -2.56. The first kappa shape index (κ1) is 14.1. The van der Waals surface area contributed by atoms with Crippen LogP contribution in [0.2, 0.25) is 0 Å². The number of amides is 1. The molecule has 1 saturated heterocycles. The molecule has 23 heavy (non-hydrogen) atoms. The molecule has 0 unspecified atom stereocenters. The SMILES string of the molecule is O=C(Oc1ccccc1)N1C[C@H]2C[C@@H](C1)c1cccc(=O)n1C2.